The van der Waals surface area contributed by atoms with E-state index in [4.69, 9.17) is 9.84 Å². The summed E-state index contributed by atoms with van der Waals surface area (Å²) in [4.78, 5) is 13.3. The van der Waals surface area contributed by atoms with Crippen LogP contribution in [0.4, 0.5) is 11.4 Å². The standard InChI is InChI=1S/C23H27N3O3/c1-6-26-20-12-21(29-5)17(11-19(20)15(2)13-23(26,3)4)14-24-25-18-9-7-16(8-10-18)22(27)28/h7-14,25H,6H2,1-5H3,(H,27,28)/b24-14+. The summed E-state index contributed by atoms with van der Waals surface area (Å²) in [7, 11) is 1.66. The van der Waals surface area contributed by atoms with Crippen molar-refractivity contribution >= 4 is 29.1 Å². The van der Waals surface area contributed by atoms with E-state index in [0.29, 0.717) is 5.69 Å². The number of methoxy groups -OCH3 is 1. The molecule has 0 bridgehead atoms. The Balaban J connectivity index is 1.89. The Bertz CT molecular complexity index is 976. The van der Waals surface area contributed by atoms with E-state index in [-0.39, 0.29) is 11.1 Å². The van der Waals surface area contributed by atoms with Crippen LogP contribution in [0.15, 0.2) is 47.6 Å². The average molecular weight is 393 g/mol. The van der Waals surface area contributed by atoms with Crippen molar-refractivity contribution in [3.05, 3.63) is 59.2 Å². The summed E-state index contributed by atoms with van der Waals surface area (Å²) in [6, 6.07) is 10.6. The highest BCUT2D eigenvalue weighted by atomic mass is 16.5. The van der Waals surface area contributed by atoms with Gasteiger partial charge in [-0.2, -0.15) is 5.10 Å². The molecule has 6 heteroatoms. The number of carboxylic acids is 1. The molecule has 3 rings (SSSR count). The van der Waals surface area contributed by atoms with Crippen LogP contribution in [-0.2, 0) is 0 Å². The minimum atomic E-state index is -0.952. The Morgan fingerprint density at radius 3 is 2.55 bits per heavy atom. The maximum Gasteiger partial charge on any atom is 0.335 e. The summed E-state index contributed by atoms with van der Waals surface area (Å²) >= 11 is 0. The van der Waals surface area contributed by atoms with Gasteiger partial charge in [-0.3, -0.25) is 5.43 Å². The Kier molecular flexibility index (Phi) is 5.64. The van der Waals surface area contributed by atoms with Gasteiger partial charge in [0, 0.05) is 29.4 Å². The van der Waals surface area contributed by atoms with Gasteiger partial charge in [0.25, 0.3) is 0 Å². The van der Waals surface area contributed by atoms with E-state index in [1.807, 2.05) is 0 Å². The normalized spacial score (nSPS) is 15.1. The van der Waals surface area contributed by atoms with Crippen molar-refractivity contribution in [3.8, 4) is 5.75 Å². The van der Waals surface area contributed by atoms with Gasteiger partial charge in [-0.05, 0) is 63.6 Å². The van der Waals surface area contributed by atoms with Crippen molar-refractivity contribution < 1.29 is 14.6 Å². The second kappa shape index (κ2) is 7.99. The molecule has 1 aliphatic heterocycles. The van der Waals surface area contributed by atoms with Crippen molar-refractivity contribution in [1.82, 2.24) is 0 Å². The Hall–Kier alpha value is -3.28. The van der Waals surface area contributed by atoms with Gasteiger partial charge in [-0.1, -0.05) is 6.08 Å². The van der Waals surface area contributed by atoms with Gasteiger partial charge in [0.05, 0.1) is 30.1 Å². The third kappa shape index (κ3) is 4.11. The molecule has 0 saturated heterocycles. The van der Waals surface area contributed by atoms with Crippen LogP contribution in [0.3, 0.4) is 0 Å². The molecule has 0 unspecified atom stereocenters. The molecule has 0 atom stereocenters. The molecule has 1 heterocycles. The lowest BCUT2D eigenvalue weighted by molar-refractivity contribution is 0.0697. The lowest BCUT2D eigenvalue weighted by atomic mass is 9.88. The number of hydrazone groups is 1. The highest BCUT2D eigenvalue weighted by molar-refractivity contribution is 5.91. The first kappa shape index (κ1) is 20.5. The van der Waals surface area contributed by atoms with E-state index in [9.17, 15) is 4.79 Å². The molecule has 29 heavy (non-hydrogen) atoms. The van der Waals surface area contributed by atoms with Gasteiger partial charge in [0.1, 0.15) is 5.75 Å². The SMILES string of the molecule is CCN1c2cc(OC)c(/C=N/Nc3ccc(C(=O)O)cc3)cc2C(C)=CC1(C)C. The van der Waals surface area contributed by atoms with Crippen LogP contribution in [-0.4, -0.2) is 36.5 Å². The third-order valence-corrected chi connectivity index (χ3v) is 5.17. The van der Waals surface area contributed by atoms with Crippen LogP contribution in [0.2, 0.25) is 0 Å². The third-order valence-electron chi connectivity index (χ3n) is 5.17. The number of fused-ring (bicyclic) bond motifs is 1. The van der Waals surface area contributed by atoms with Gasteiger partial charge < -0.3 is 14.7 Å². The molecule has 0 amide bonds. The fourth-order valence-corrected chi connectivity index (χ4v) is 3.84. The van der Waals surface area contributed by atoms with Crippen molar-refractivity contribution in [3.63, 3.8) is 0 Å². The lowest BCUT2D eigenvalue weighted by Crippen LogP contribution is -2.44. The molecule has 2 aromatic rings. The second-order valence-electron chi connectivity index (χ2n) is 7.59. The van der Waals surface area contributed by atoms with Crippen LogP contribution < -0.4 is 15.1 Å². The van der Waals surface area contributed by atoms with Crippen LogP contribution >= 0.6 is 0 Å². The number of anilines is 2. The molecule has 0 spiro atoms. The van der Waals surface area contributed by atoms with Gasteiger partial charge in [-0.25, -0.2) is 4.79 Å². The van der Waals surface area contributed by atoms with Crippen LogP contribution in [0, 0.1) is 0 Å². The first-order valence-corrected chi connectivity index (χ1v) is 9.58. The number of nitrogens with zero attached hydrogens (tertiary/aromatic N) is 2. The van der Waals surface area contributed by atoms with E-state index in [1.54, 1.807) is 25.5 Å². The quantitative estimate of drug-likeness (QED) is 0.541. The van der Waals surface area contributed by atoms with E-state index in [0.717, 1.165) is 23.5 Å². The molecule has 152 valence electrons. The maximum absolute atomic E-state index is 10.9. The molecule has 1 aliphatic rings. The molecule has 2 aromatic carbocycles. The predicted molar refractivity (Wildman–Crippen MR) is 118 cm³/mol. The largest absolute Gasteiger partial charge is 0.496 e. The molecule has 0 saturated carbocycles. The van der Waals surface area contributed by atoms with Crippen LogP contribution in [0.5, 0.6) is 5.75 Å². The zero-order valence-electron chi connectivity index (χ0n) is 17.5. The van der Waals surface area contributed by atoms with E-state index >= 15 is 0 Å². The summed E-state index contributed by atoms with van der Waals surface area (Å²) in [5.41, 5.74) is 8.23. The number of nitrogens with one attached hydrogen (secondary N) is 1. The summed E-state index contributed by atoms with van der Waals surface area (Å²) in [6.45, 7) is 9.60. The molecular formula is C23H27N3O3. The minimum Gasteiger partial charge on any atom is -0.496 e. The molecule has 0 fully saturated rings. The Morgan fingerprint density at radius 1 is 1.28 bits per heavy atom. The van der Waals surface area contributed by atoms with Crippen LogP contribution in [0.25, 0.3) is 5.57 Å². The zero-order valence-corrected chi connectivity index (χ0v) is 17.5. The van der Waals surface area contributed by atoms with Crippen molar-refractivity contribution in [2.24, 2.45) is 5.10 Å². The number of allylic oxidation sites excluding steroid dienone is 1. The summed E-state index contributed by atoms with van der Waals surface area (Å²) in [5, 5.41) is 13.3. The first-order valence-electron chi connectivity index (χ1n) is 9.58. The van der Waals surface area contributed by atoms with Gasteiger partial charge in [0.2, 0.25) is 0 Å². The number of aromatic carboxylic acids is 1. The molecular weight excluding hydrogens is 366 g/mol. The minimum absolute atomic E-state index is 0.0594. The first-order chi connectivity index (χ1) is 13.8. The zero-order chi connectivity index (χ0) is 21.2. The Morgan fingerprint density at radius 2 is 1.97 bits per heavy atom. The number of benzene rings is 2. The predicted octanol–water partition coefficient (Wildman–Crippen LogP) is 4.86. The fourth-order valence-electron chi connectivity index (χ4n) is 3.84. The molecule has 6 nitrogen and oxygen atoms in total. The summed E-state index contributed by atoms with van der Waals surface area (Å²) in [5.74, 6) is -0.203. The van der Waals surface area contributed by atoms with Gasteiger partial charge in [-0.15, -0.1) is 0 Å². The maximum atomic E-state index is 10.9. The number of ether oxygens (including phenoxy) is 1. The monoisotopic (exact) mass is 393 g/mol. The number of carboxylic acid groups (broad SMARTS) is 1. The molecule has 0 radical (unpaired) electrons. The van der Waals surface area contributed by atoms with Gasteiger partial charge in [0.15, 0.2) is 0 Å². The van der Waals surface area contributed by atoms with Crippen molar-refractivity contribution in [1.29, 1.82) is 0 Å². The molecule has 2 N–H and O–H groups in total. The number of rotatable bonds is 6. The van der Waals surface area contributed by atoms with Crippen molar-refractivity contribution in [2.45, 2.75) is 33.2 Å². The molecule has 0 aromatic heterocycles. The number of hydrogen-bond acceptors (Lipinski definition) is 5. The van der Waals surface area contributed by atoms with E-state index in [2.05, 4.69) is 61.3 Å². The highest BCUT2D eigenvalue weighted by Gasteiger charge is 2.31. The average Bonchev–Trinajstić information content (AvgIpc) is 2.68. The smallest absolute Gasteiger partial charge is 0.335 e. The van der Waals surface area contributed by atoms with E-state index in [1.165, 1.54) is 23.3 Å². The van der Waals surface area contributed by atoms with Crippen molar-refractivity contribution in [2.75, 3.05) is 24.0 Å². The summed E-state index contributed by atoms with van der Waals surface area (Å²) < 4.78 is 5.62. The number of hydrogen-bond donors (Lipinski definition) is 2. The number of carbonyl (C=O) groups is 1. The Labute approximate surface area is 171 Å². The highest BCUT2D eigenvalue weighted by Crippen LogP contribution is 2.41. The topological polar surface area (TPSA) is 74.2 Å². The fraction of sp³-hybridized carbons (Fsp3) is 0.304. The lowest BCUT2D eigenvalue weighted by Gasteiger charge is -2.43. The second-order valence-corrected chi connectivity index (χ2v) is 7.59. The van der Waals surface area contributed by atoms with Crippen LogP contribution in [0.1, 0.15) is 49.2 Å². The summed E-state index contributed by atoms with van der Waals surface area (Å²) in [6.07, 6.45) is 4.00. The molecule has 0 aliphatic carbocycles. The van der Waals surface area contributed by atoms with E-state index < -0.39 is 5.97 Å². The van der Waals surface area contributed by atoms with Gasteiger partial charge >= 0.3 is 5.97 Å². The number of likely N-dealkylation sites (N-methyl/N-ethyl adjacent to an activating group) is 1.